The van der Waals surface area contributed by atoms with Gasteiger partial charge in [-0.1, -0.05) is 108 Å². The van der Waals surface area contributed by atoms with Crippen molar-refractivity contribution in [3.63, 3.8) is 0 Å². The highest BCUT2D eigenvalue weighted by atomic mass is 35.5. The number of hydrogen-bond donors (Lipinski definition) is 0. The zero-order valence-corrected chi connectivity index (χ0v) is 27.8. The van der Waals surface area contributed by atoms with Crippen LogP contribution in [0.4, 0.5) is 0 Å². The maximum Gasteiger partial charge on any atom is 0.126 e. The van der Waals surface area contributed by atoms with Gasteiger partial charge in [0.05, 0.1) is 33.6 Å². The summed E-state index contributed by atoms with van der Waals surface area (Å²) in [6.07, 6.45) is 0. The van der Waals surface area contributed by atoms with Crippen molar-refractivity contribution in [1.29, 1.82) is 21.0 Å². The van der Waals surface area contributed by atoms with Gasteiger partial charge in [0.1, 0.15) is 34.3 Å². The number of pyridine rings is 2. The highest BCUT2D eigenvalue weighted by molar-refractivity contribution is 8.76. The molecule has 0 fully saturated rings. The van der Waals surface area contributed by atoms with Gasteiger partial charge in [0.25, 0.3) is 0 Å². The average Bonchev–Trinajstić information content (AvgIpc) is 3.14. The minimum Gasteiger partial charge on any atom is -0.238 e. The van der Waals surface area contributed by atoms with Gasteiger partial charge in [0.2, 0.25) is 0 Å². The number of benzene rings is 4. The van der Waals surface area contributed by atoms with Crippen LogP contribution in [0.15, 0.2) is 119 Å². The lowest BCUT2D eigenvalue weighted by Crippen LogP contribution is -2.02. The summed E-state index contributed by atoms with van der Waals surface area (Å²) >= 11 is 12.4. The molecule has 4 aromatic carbocycles. The zero-order chi connectivity index (χ0) is 33.6. The molecule has 0 atom stereocenters. The van der Waals surface area contributed by atoms with Crippen molar-refractivity contribution >= 4 is 44.8 Å². The third-order valence-corrected chi connectivity index (χ3v) is 10.0. The minimum absolute atomic E-state index is 0.194. The molecule has 6 aromatic rings. The molecule has 0 unspecified atom stereocenters. The molecule has 0 radical (unpaired) electrons. The predicted octanol–water partition coefficient (Wildman–Crippen LogP) is 10.7. The molecule has 0 amide bonds. The van der Waals surface area contributed by atoms with E-state index in [0.29, 0.717) is 64.9 Å². The van der Waals surface area contributed by atoms with Gasteiger partial charge < -0.3 is 0 Å². The molecular formula is C38H18Cl2N6S2. The van der Waals surface area contributed by atoms with Gasteiger partial charge in [0.15, 0.2) is 0 Å². The van der Waals surface area contributed by atoms with Gasteiger partial charge in [-0.25, -0.2) is 9.97 Å². The first kappa shape index (κ1) is 32.4. The van der Waals surface area contributed by atoms with Crippen LogP contribution in [0, 0.1) is 45.3 Å². The molecule has 2 heterocycles. The Balaban J connectivity index is 1.57. The minimum atomic E-state index is 0.194. The number of aromatic nitrogens is 2. The molecule has 0 bridgehead atoms. The van der Waals surface area contributed by atoms with Crippen molar-refractivity contribution < 1.29 is 0 Å². The molecule has 6 rings (SSSR count). The average molecular weight is 694 g/mol. The number of rotatable bonds is 7. The fourth-order valence-corrected chi connectivity index (χ4v) is 7.50. The van der Waals surface area contributed by atoms with E-state index in [1.54, 1.807) is 48.5 Å². The number of halogens is 2. The Morgan fingerprint density at radius 2 is 0.750 bits per heavy atom. The standard InChI is InChI=1S/C38H18Cl2N6S2/c39-27-15-11-23(12-16-27)33-29(19-41)35(25-7-3-1-4-8-25)45-37(31(33)21-43)47-48-38-32(22-44)34(24-13-17-28(40)18-14-24)30(20-42)36(46-38)26-9-5-2-6-10-26/h1-18H. The third kappa shape index (κ3) is 6.35. The molecule has 0 aliphatic heterocycles. The van der Waals surface area contributed by atoms with E-state index in [1.807, 2.05) is 60.7 Å². The zero-order valence-electron chi connectivity index (χ0n) is 24.6. The SMILES string of the molecule is N#Cc1c(SSc2nc(-c3ccccc3)c(C#N)c(-c3ccc(Cl)cc3)c2C#N)nc(-c2ccccc2)c(C#N)c1-c1ccc(Cl)cc1. The summed E-state index contributed by atoms with van der Waals surface area (Å²) in [4.78, 5) is 9.71. The van der Waals surface area contributed by atoms with Crippen LogP contribution >= 0.6 is 44.8 Å². The second kappa shape index (κ2) is 14.5. The van der Waals surface area contributed by atoms with Crippen molar-refractivity contribution in [2.45, 2.75) is 10.1 Å². The van der Waals surface area contributed by atoms with Gasteiger partial charge in [-0.2, -0.15) is 21.0 Å². The topological polar surface area (TPSA) is 121 Å². The van der Waals surface area contributed by atoms with Gasteiger partial charge in [-0.05, 0) is 57.0 Å². The summed E-state index contributed by atoms with van der Waals surface area (Å²) in [5.74, 6) is 0. The largest absolute Gasteiger partial charge is 0.238 e. The highest BCUT2D eigenvalue weighted by Crippen LogP contribution is 2.47. The Kier molecular flexibility index (Phi) is 9.75. The van der Waals surface area contributed by atoms with Crippen LogP contribution in [-0.2, 0) is 0 Å². The van der Waals surface area contributed by atoms with E-state index in [1.165, 1.54) is 0 Å². The molecule has 0 aliphatic rings. The Labute approximate surface area is 294 Å². The number of hydrogen-bond acceptors (Lipinski definition) is 8. The van der Waals surface area contributed by atoms with Crippen molar-refractivity contribution in [1.82, 2.24) is 9.97 Å². The molecule has 0 saturated heterocycles. The first-order chi connectivity index (χ1) is 23.5. The summed E-state index contributed by atoms with van der Waals surface area (Å²) in [5, 5.41) is 43.5. The first-order valence-corrected chi connectivity index (χ1v) is 17.1. The molecule has 6 nitrogen and oxygen atoms in total. The Morgan fingerprint density at radius 3 is 1.06 bits per heavy atom. The quantitative estimate of drug-likeness (QED) is 0.151. The Hall–Kier alpha value is -5.58. The summed E-state index contributed by atoms with van der Waals surface area (Å²) in [7, 11) is 2.30. The fourth-order valence-electron chi connectivity index (χ4n) is 5.17. The fraction of sp³-hybridized carbons (Fsp3) is 0. The molecular weight excluding hydrogens is 675 g/mol. The second-order valence-electron chi connectivity index (χ2n) is 10.1. The van der Waals surface area contributed by atoms with Gasteiger partial charge in [-0.3, -0.25) is 0 Å². The van der Waals surface area contributed by atoms with Crippen molar-refractivity contribution in [3.8, 4) is 69.0 Å². The normalized spacial score (nSPS) is 10.4. The van der Waals surface area contributed by atoms with E-state index >= 15 is 0 Å². The summed E-state index contributed by atoms with van der Waals surface area (Å²) in [6.45, 7) is 0. The van der Waals surface area contributed by atoms with Crippen LogP contribution in [0.3, 0.4) is 0 Å². The number of nitriles is 4. The summed E-state index contributed by atoms with van der Waals surface area (Å²) in [5.41, 5.74) is 5.21. The van der Waals surface area contributed by atoms with Crippen molar-refractivity contribution in [2.24, 2.45) is 0 Å². The van der Waals surface area contributed by atoms with Crippen LogP contribution in [-0.4, -0.2) is 9.97 Å². The number of nitrogens with zero attached hydrogens (tertiary/aromatic N) is 6. The molecule has 10 heteroatoms. The van der Waals surface area contributed by atoms with Crippen LogP contribution in [0.25, 0.3) is 44.8 Å². The smallest absolute Gasteiger partial charge is 0.126 e. The Bertz CT molecular complexity index is 2170. The van der Waals surface area contributed by atoms with Gasteiger partial charge >= 0.3 is 0 Å². The predicted molar refractivity (Wildman–Crippen MR) is 191 cm³/mol. The molecule has 0 saturated carbocycles. The monoisotopic (exact) mass is 692 g/mol. The first-order valence-electron chi connectivity index (χ1n) is 14.2. The summed E-state index contributed by atoms with van der Waals surface area (Å²) < 4.78 is 0. The van der Waals surface area contributed by atoms with Crippen LogP contribution < -0.4 is 0 Å². The van der Waals surface area contributed by atoms with Crippen molar-refractivity contribution in [2.75, 3.05) is 0 Å². The lowest BCUT2D eigenvalue weighted by atomic mass is 9.93. The van der Waals surface area contributed by atoms with E-state index in [-0.39, 0.29) is 22.3 Å². The molecule has 0 aliphatic carbocycles. The maximum absolute atomic E-state index is 10.5. The van der Waals surface area contributed by atoms with Gasteiger partial charge in [-0.15, -0.1) is 0 Å². The third-order valence-electron chi connectivity index (χ3n) is 7.34. The van der Waals surface area contributed by atoms with Crippen LogP contribution in [0.2, 0.25) is 10.0 Å². The second-order valence-corrected chi connectivity index (χ2v) is 13.1. The lowest BCUT2D eigenvalue weighted by molar-refractivity contribution is 1.11. The van der Waals surface area contributed by atoms with E-state index in [0.717, 1.165) is 21.6 Å². The van der Waals surface area contributed by atoms with E-state index in [2.05, 4.69) is 24.3 Å². The molecule has 2 aromatic heterocycles. The van der Waals surface area contributed by atoms with E-state index in [9.17, 15) is 21.0 Å². The van der Waals surface area contributed by atoms with Crippen LogP contribution in [0.5, 0.6) is 0 Å². The Morgan fingerprint density at radius 1 is 0.417 bits per heavy atom. The van der Waals surface area contributed by atoms with E-state index < -0.39 is 0 Å². The molecule has 0 spiro atoms. The van der Waals surface area contributed by atoms with Crippen molar-refractivity contribution in [3.05, 3.63) is 141 Å². The maximum atomic E-state index is 10.5. The molecule has 226 valence electrons. The lowest BCUT2D eigenvalue weighted by Gasteiger charge is -2.17. The molecule has 48 heavy (non-hydrogen) atoms. The molecule has 0 N–H and O–H groups in total. The van der Waals surface area contributed by atoms with Crippen LogP contribution in [0.1, 0.15) is 22.3 Å². The highest BCUT2D eigenvalue weighted by Gasteiger charge is 2.26. The van der Waals surface area contributed by atoms with E-state index in [4.69, 9.17) is 33.2 Å². The van der Waals surface area contributed by atoms with Gasteiger partial charge in [0, 0.05) is 32.3 Å². The summed E-state index contributed by atoms with van der Waals surface area (Å²) in [6, 6.07) is 41.5.